The van der Waals surface area contributed by atoms with Crippen molar-refractivity contribution in [2.24, 2.45) is 5.73 Å². The maximum absolute atomic E-state index is 12.1. The number of ether oxygens (including phenoxy) is 1. The molecule has 1 saturated heterocycles. The van der Waals surface area contributed by atoms with E-state index in [4.69, 9.17) is 10.5 Å². The number of rotatable bonds is 8. The number of nitrogens with zero attached hydrogens (tertiary/aromatic N) is 4. The lowest BCUT2D eigenvalue weighted by Crippen LogP contribution is -2.38. The van der Waals surface area contributed by atoms with Crippen LogP contribution in [0.3, 0.4) is 0 Å². The second kappa shape index (κ2) is 10.1. The summed E-state index contributed by atoms with van der Waals surface area (Å²) in [5, 5.41) is 32.2. The molecule has 0 bridgehead atoms. The Balaban J connectivity index is 1.61. The fraction of sp³-hybridized carbons (Fsp3) is 0.375. The summed E-state index contributed by atoms with van der Waals surface area (Å²) in [5.41, 5.74) is 8.09. The van der Waals surface area contributed by atoms with Crippen molar-refractivity contribution in [2.75, 3.05) is 44.7 Å². The van der Waals surface area contributed by atoms with E-state index in [-0.39, 0.29) is 29.1 Å². The van der Waals surface area contributed by atoms with Gasteiger partial charge in [-0.3, -0.25) is 14.3 Å². The van der Waals surface area contributed by atoms with Gasteiger partial charge in [0.25, 0.3) is 5.91 Å². The first-order valence-corrected chi connectivity index (χ1v) is 11.3. The highest BCUT2D eigenvalue weighted by Gasteiger charge is 2.23. The molecule has 0 unspecified atom stereocenters. The van der Waals surface area contributed by atoms with E-state index < -0.39 is 5.91 Å². The molecule has 4 rings (SSSR count). The minimum Gasteiger partial charge on any atom is -0.508 e. The Morgan fingerprint density at radius 1 is 1.12 bits per heavy atom. The molecule has 1 aromatic heterocycles. The molecule has 10 heteroatoms. The Hall–Kier alpha value is -3.63. The molecule has 0 atom stereocenters. The first kappa shape index (κ1) is 23.5. The van der Waals surface area contributed by atoms with Crippen molar-refractivity contribution in [3.63, 3.8) is 0 Å². The zero-order chi connectivity index (χ0) is 24.2. The number of primary amides is 1. The van der Waals surface area contributed by atoms with Gasteiger partial charge < -0.3 is 26.0 Å². The lowest BCUT2D eigenvalue weighted by molar-refractivity contribution is 0.0398. The van der Waals surface area contributed by atoms with Gasteiger partial charge in [-0.05, 0) is 41.8 Å². The smallest absolute Gasteiger partial charge is 0.287 e. The Morgan fingerprint density at radius 3 is 2.47 bits per heavy atom. The third-order valence-electron chi connectivity index (χ3n) is 5.88. The SMILES string of the molecule is CC(C)c1cc(-c2nnc(C(N)=O)n2-c2ccc(NCCN3CCOCC3)cc2)c(O)cc1O. The van der Waals surface area contributed by atoms with Crippen molar-refractivity contribution >= 4 is 11.6 Å². The number of nitrogens with one attached hydrogen (secondary N) is 1. The third kappa shape index (κ3) is 4.97. The number of aromatic hydroxyl groups is 2. The van der Waals surface area contributed by atoms with Crippen LogP contribution in [0.1, 0.15) is 35.9 Å². The first-order chi connectivity index (χ1) is 16.3. The van der Waals surface area contributed by atoms with Gasteiger partial charge in [0.1, 0.15) is 11.5 Å². The van der Waals surface area contributed by atoms with E-state index in [2.05, 4.69) is 20.4 Å². The average Bonchev–Trinajstić information content (AvgIpc) is 3.25. The molecule has 1 fully saturated rings. The Morgan fingerprint density at radius 2 is 1.82 bits per heavy atom. The molecule has 5 N–H and O–H groups in total. The summed E-state index contributed by atoms with van der Waals surface area (Å²) in [6.07, 6.45) is 0. The monoisotopic (exact) mass is 466 g/mol. The van der Waals surface area contributed by atoms with Gasteiger partial charge in [0.15, 0.2) is 5.82 Å². The van der Waals surface area contributed by atoms with Gasteiger partial charge in [-0.25, -0.2) is 0 Å². The Kier molecular flexibility index (Phi) is 6.99. The molecule has 2 aromatic carbocycles. The Bertz CT molecular complexity index is 1150. The number of amides is 1. The van der Waals surface area contributed by atoms with Crippen LogP contribution in [0.2, 0.25) is 0 Å². The number of phenolic OH excluding ortho intramolecular Hbond substituents is 2. The van der Waals surface area contributed by atoms with Gasteiger partial charge >= 0.3 is 0 Å². The van der Waals surface area contributed by atoms with Crippen LogP contribution in [0.25, 0.3) is 17.1 Å². The molecule has 0 saturated carbocycles. The number of carbonyl (C=O) groups is 1. The van der Waals surface area contributed by atoms with Crippen LogP contribution in [-0.2, 0) is 4.74 Å². The highest BCUT2D eigenvalue weighted by molar-refractivity contribution is 5.91. The van der Waals surface area contributed by atoms with E-state index in [1.165, 1.54) is 10.6 Å². The highest BCUT2D eigenvalue weighted by atomic mass is 16.5. The van der Waals surface area contributed by atoms with Crippen LogP contribution in [0.15, 0.2) is 36.4 Å². The highest BCUT2D eigenvalue weighted by Crippen LogP contribution is 2.38. The van der Waals surface area contributed by atoms with E-state index >= 15 is 0 Å². The molecule has 0 aliphatic carbocycles. The zero-order valence-electron chi connectivity index (χ0n) is 19.4. The third-order valence-corrected chi connectivity index (χ3v) is 5.88. The number of aromatic nitrogens is 3. The lowest BCUT2D eigenvalue weighted by atomic mass is 9.98. The van der Waals surface area contributed by atoms with Gasteiger partial charge in [0.05, 0.1) is 18.8 Å². The van der Waals surface area contributed by atoms with E-state index in [9.17, 15) is 15.0 Å². The van der Waals surface area contributed by atoms with Crippen LogP contribution in [0.4, 0.5) is 5.69 Å². The van der Waals surface area contributed by atoms with Crippen LogP contribution in [0, 0.1) is 0 Å². The molecule has 1 amide bonds. The summed E-state index contributed by atoms with van der Waals surface area (Å²) >= 11 is 0. The number of anilines is 1. The second-order valence-corrected chi connectivity index (χ2v) is 8.56. The van der Waals surface area contributed by atoms with Crippen LogP contribution < -0.4 is 11.1 Å². The van der Waals surface area contributed by atoms with Gasteiger partial charge in [0.2, 0.25) is 5.82 Å². The maximum Gasteiger partial charge on any atom is 0.287 e. The summed E-state index contributed by atoms with van der Waals surface area (Å²) < 4.78 is 6.89. The normalized spacial score (nSPS) is 14.4. The summed E-state index contributed by atoms with van der Waals surface area (Å²) in [4.78, 5) is 14.4. The molecule has 2 heterocycles. The molecular formula is C24H30N6O4. The quantitative estimate of drug-likeness (QED) is 0.397. The molecule has 34 heavy (non-hydrogen) atoms. The summed E-state index contributed by atoms with van der Waals surface area (Å²) in [6.45, 7) is 9.00. The number of morpholine rings is 1. The molecule has 0 radical (unpaired) electrons. The molecule has 3 aromatic rings. The summed E-state index contributed by atoms with van der Waals surface area (Å²) in [5.74, 6) is -0.719. The van der Waals surface area contributed by atoms with Crippen molar-refractivity contribution in [2.45, 2.75) is 19.8 Å². The van der Waals surface area contributed by atoms with E-state index in [1.54, 1.807) is 6.07 Å². The van der Waals surface area contributed by atoms with Gasteiger partial charge in [0, 0.05) is 43.6 Å². The lowest BCUT2D eigenvalue weighted by Gasteiger charge is -2.26. The topological polar surface area (TPSA) is 139 Å². The largest absolute Gasteiger partial charge is 0.508 e. The van der Waals surface area contributed by atoms with Crippen molar-refractivity contribution < 1.29 is 19.7 Å². The molecule has 1 aliphatic heterocycles. The molecule has 1 aliphatic rings. The minimum atomic E-state index is -0.742. The fourth-order valence-corrected chi connectivity index (χ4v) is 4.01. The predicted octanol–water partition coefficient (Wildman–Crippen LogP) is 2.31. The van der Waals surface area contributed by atoms with Gasteiger partial charge in [-0.1, -0.05) is 13.8 Å². The van der Waals surface area contributed by atoms with Crippen molar-refractivity contribution in [1.82, 2.24) is 19.7 Å². The van der Waals surface area contributed by atoms with E-state index in [0.29, 0.717) is 16.8 Å². The predicted molar refractivity (Wildman–Crippen MR) is 128 cm³/mol. The van der Waals surface area contributed by atoms with Crippen molar-refractivity contribution in [1.29, 1.82) is 0 Å². The van der Waals surface area contributed by atoms with Crippen LogP contribution >= 0.6 is 0 Å². The van der Waals surface area contributed by atoms with E-state index in [1.807, 2.05) is 38.1 Å². The summed E-state index contributed by atoms with van der Waals surface area (Å²) in [6, 6.07) is 10.4. The van der Waals surface area contributed by atoms with Crippen LogP contribution in [-0.4, -0.2) is 75.2 Å². The molecule has 0 spiro atoms. The van der Waals surface area contributed by atoms with Crippen molar-refractivity contribution in [3.8, 4) is 28.6 Å². The zero-order valence-corrected chi connectivity index (χ0v) is 19.4. The van der Waals surface area contributed by atoms with Gasteiger partial charge in [-0.15, -0.1) is 10.2 Å². The maximum atomic E-state index is 12.1. The van der Waals surface area contributed by atoms with Crippen LogP contribution in [0.5, 0.6) is 11.5 Å². The number of carbonyl (C=O) groups excluding carboxylic acids is 1. The number of hydrogen-bond donors (Lipinski definition) is 4. The standard InChI is InChI=1S/C24H30N6O4/c1-15(2)18-13-19(21(32)14-20(18)31)23-27-28-24(22(25)33)30(23)17-5-3-16(4-6-17)26-7-8-29-9-11-34-12-10-29/h3-6,13-15,26,31-32H,7-12H2,1-2H3,(H2,25,33). The van der Waals surface area contributed by atoms with Crippen molar-refractivity contribution in [3.05, 3.63) is 47.8 Å². The number of hydrogen-bond acceptors (Lipinski definition) is 8. The fourth-order valence-electron chi connectivity index (χ4n) is 4.01. The first-order valence-electron chi connectivity index (χ1n) is 11.3. The summed E-state index contributed by atoms with van der Waals surface area (Å²) in [7, 11) is 0. The van der Waals surface area contributed by atoms with Gasteiger partial charge in [-0.2, -0.15) is 0 Å². The molecular weight excluding hydrogens is 436 g/mol. The molecule has 10 nitrogen and oxygen atoms in total. The molecule has 180 valence electrons. The average molecular weight is 467 g/mol. The minimum absolute atomic E-state index is 0.00847. The number of benzene rings is 2. The number of phenols is 2. The van der Waals surface area contributed by atoms with E-state index in [0.717, 1.165) is 45.1 Å². The Labute approximate surface area is 198 Å². The second-order valence-electron chi connectivity index (χ2n) is 8.56. The number of nitrogens with two attached hydrogens (primary N) is 1.